The highest BCUT2D eigenvalue weighted by Gasteiger charge is 2.44. The number of hydrogen-bond acceptors (Lipinski definition) is 4. The molecule has 19 heavy (non-hydrogen) atoms. The predicted molar refractivity (Wildman–Crippen MR) is 65.3 cm³/mol. The summed E-state index contributed by atoms with van der Waals surface area (Å²) in [5.41, 5.74) is -0.543. The summed E-state index contributed by atoms with van der Waals surface area (Å²) in [6.07, 6.45) is 0.783. The lowest BCUT2D eigenvalue weighted by molar-refractivity contribution is -0.751. The smallest absolute Gasteiger partial charge is 0.320 e. The van der Waals surface area contributed by atoms with Crippen molar-refractivity contribution in [1.82, 2.24) is 0 Å². The second-order valence-corrected chi connectivity index (χ2v) is 6.00. The fourth-order valence-electron chi connectivity index (χ4n) is 2.39. The number of carbonyl (C=O) groups is 4. The van der Waals surface area contributed by atoms with Gasteiger partial charge in [-0.15, -0.1) is 0 Å². The van der Waals surface area contributed by atoms with Crippen molar-refractivity contribution in [1.29, 1.82) is 0 Å². The molecule has 1 aliphatic heterocycles. The van der Waals surface area contributed by atoms with Gasteiger partial charge in [0.2, 0.25) is 0 Å². The second kappa shape index (κ2) is 5.61. The minimum atomic E-state index is -1.02. The van der Waals surface area contributed by atoms with Crippen LogP contribution in [-0.2, 0) is 19.2 Å². The molecule has 1 unspecified atom stereocenters. The fraction of sp³-hybridized carbons (Fsp3) is 0.692. The molecule has 0 spiro atoms. The normalized spacial score (nSPS) is 20.4. The van der Waals surface area contributed by atoms with Gasteiger partial charge in [-0.3, -0.25) is 9.59 Å². The number of imide groups is 1. The third kappa shape index (κ3) is 3.47. The van der Waals surface area contributed by atoms with E-state index < -0.39 is 23.3 Å². The first-order chi connectivity index (χ1) is 8.68. The Morgan fingerprint density at radius 2 is 1.79 bits per heavy atom. The first kappa shape index (κ1) is 15.5. The van der Waals surface area contributed by atoms with Crippen molar-refractivity contribution in [3.8, 4) is 0 Å². The summed E-state index contributed by atoms with van der Waals surface area (Å²) in [4.78, 5) is 45.7. The Balaban J connectivity index is 2.92. The van der Waals surface area contributed by atoms with Gasteiger partial charge in [-0.05, 0) is 5.41 Å². The molecule has 1 fully saturated rings. The van der Waals surface area contributed by atoms with Crippen LogP contribution in [0.2, 0.25) is 0 Å². The average molecular weight is 270 g/mol. The summed E-state index contributed by atoms with van der Waals surface area (Å²) in [6.45, 7) is 5.28. The summed E-state index contributed by atoms with van der Waals surface area (Å²) >= 11 is 0. The zero-order chi connectivity index (χ0) is 14.8. The van der Waals surface area contributed by atoms with Crippen molar-refractivity contribution in [2.45, 2.75) is 46.1 Å². The van der Waals surface area contributed by atoms with Crippen molar-refractivity contribution < 1.29 is 29.2 Å². The highest BCUT2D eigenvalue weighted by atomic mass is 16.4. The van der Waals surface area contributed by atoms with Crippen LogP contribution in [0, 0.1) is 11.3 Å². The molecule has 0 aromatic carbocycles. The van der Waals surface area contributed by atoms with E-state index >= 15 is 0 Å². The van der Waals surface area contributed by atoms with Gasteiger partial charge < -0.3 is 5.11 Å². The van der Waals surface area contributed by atoms with E-state index in [-0.39, 0.29) is 36.0 Å². The molecule has 1 aliphatic rings. The number of carbonyl (C=O) groups excluding carboxylic acids is 3. The maximum absolute atomic E-state index is 11.6. The van der Waals surface area contributed by atoms with Gasteiger partial charge in [0.1, 0.15) is 0 Å². The minimum Gasteiger partial charge on any atom is -0.481 e. The SMILES string of the molecule is CC(C)(C)C(C[C@@H](C=O)[NH+]1C(=O)CCC1=O)C(=O)O. The van der Waals surface area contributed by atoms with E-state index in [1.807, 2.05) is 0 Å². The zero-order valence-corrected chi connectivity index (χ0v) is 11.4. The van der Waals surface area contributed by atoms with Crippen molar-refractivity contribution in [3.05, 3.63) is 0 Å². The third-order valence-electron chi connectivity index (χ3n) is 3.55. The molecule has 6 heteroatoms. The van der Waals surface area contributed by atoms with E-state index in [4.69, 9.17) is 0 Å². The molecule has 2 N–H and O–H groups in total. The van der Waals surface area contributed by atoms with E-state index in [2.05, 4.69) is 0 Å². The topological polar surface area (TPSA) is 93.0 Å². The van der Waals surface area contributed by atoms with E-state index in [9.17, 15) is 24.3 Å². The van der Waals surface area contributed by atoms with Crippen LogP contribution >= 0.6 is 0 Å². The zero-order valence-electron chi connectivity index (χ0n) is 11.4. The molecule has 0 aromatic heterocycles. The van der Waals surface area contributed by atoms with Crippen LogP contribution in [0.1, 0.15) is 40.0 Å². The predicted octanol–water partition coefficient (Wildman–Crippen LogP) is -0.577. The molecule has 2 amide bonds. The van der Waals surface area contributed by atoms with Crippen LogP contribution < -0.4 is 4.90 Å². The van der Waals surface area contributed by atoms with Gasteiger partial charge in [0.05, 0.1) is 18.8 Å². The summed E-state index contributed by atoms with van der Waals surface area (Å²) in [7, 11) is 0. The molecule has 1 rings (SSSR count). The minimum absolute atomic E-state index is 0.00481. The Kier molecular flexibility index (Phi) is 4.57. The number of hydrogen-bond donors (Lipinski definition) is 2. The van der Waals surface area contributed by atoms with Gasteiger partial charge in [0.15, 0.2) is 12.3 Å². The average Bonchev–Trinajstić information content (AvgIpc) is 2.59. The Labute approximate surface area is 111 Å². The molecule has 0 saturated carbocycles. The number of rotatable bonds is 5. The van der Waals surface area contributed by atoms with Gasteiger partial charge in [0.25, 0.3) is 0 Å². The molecule has 106 valence electrons. The molecule has 6 nitrogen and oxygen atoms in total. The largest absolute Gasteiger partial charge is 0.481 e. The van der Waals surface area contributed by atoms with E-state index in [1.165, 1.54) is 0 Å². The summed E-state index contributed by atoms with van der Waals surface area (Å²) < 4.78 is 0. The molecular weight excluding hydrogens is 250 g/mol. The Bertz CT molecular complexity index is 394. The lowest BCUT2D eigenvalue weighted by Gasteiger charge is -2.29. The lowest BCUT2D eigenvalue weighted by Crippen LogP contribution is -3.19. The van der Waals surface area contributed by atoms with Gasteiger partial charge in [0, 0.05) is 6.42 Å². The van der Waals surface area contributed by atoms with Crippen molar-refractivity contribution in [2.24, 2.45) is 11.3 Å². The summed E-state index contributed by atoms with van der Waals surface area (Å²) in [6, 6.07) is -0.900. The molecule has 2 atom stereocenters. The van der Waals surface area contributed by atoms with Gasteiger partial charge in [-0.2, -0.15) is 0 Å². The Morgan fingerprint density at radius 1 is 1.32 bits per heavy atom. The standard InChI is InChI=1S/C13H19NO5/c1-13(2,3)9(12(18)19)6-8(7-15)14-10(16)4-5-11(14)17/h7-9H,4-6H2,1-3H3,(H,18,19)/p+1/t8-,9?/m0/s1. The first-order valence-electron chi connectivity index (χ1n) is 6.29. The van der Waals surface area contributed by atoms with Crippen LogP contribution in [0.5, 0.6) is 0 Å². The number of likely N-dealkylation sites (tertiary alicyclic amines) is 1. The maximum Gasteiger partial charge on any atom is 0.320 e. The van der Waals surface area contributed by atoms with Crippen LogP contribution in [0.4, 0.5) is 0 Å². The molecule has 0 aromatic rings. The third-order valence-corrected chi connectivity index (χ3v) is 3.55. The van der Waals surface area contributed by atoms with E-state index in [0.29, 0.717) is 6.29 Å². The lowest BCUT2D eigenvalue weighted by atomic mass is 9.77. The molecular formula is C13H20NO5+. The van der Waals surface area contributed by atoms with Gasteiger partial charge >= 0.3 is 17.8 Å². The van der Waals surface area contributed by atoms with Crippen LogP contribution in [0.15, 0.2) is 0 Å². The number of quaternary nitrogens is 1. The highest BCUT2D eigenvalue weighted by Crippen LogP contribution is 2.29. The number of aldehydes is 1. The monoisotopic (exact) mass is 270 g/mol. The van der Waals surface area contributed by atoms with Crippen LogP contribution in [0.25, 0.3) is 0 Å². The molecule has 1 heterocycles. The second-order valence-electron chi connectivity index (χ2n) is 6.00. The van der Waals surface area contributed by atoms with Gasteiger partial charge in [-0.1, -0.05) is 20.8 Å². The number of amides is 2. The summed E-state index contributed by atoms with van der Waals surface area (Å²) in [5.74, 6) is -2.44. The summed E-state index contributed by atoms with van der Waals surface area (Å²) in [5, 5.41) is 9.23. The van der Waals surface area contributed by atoms with Gasteiger partial charge in [-0.25, -0.2) is 14.5 Å². The quantitative estimate of drug-likeness (QED) is 0.515. The number of aliphatic carboxylic acids is 1. The fourth-order valence-corrected chi connectivity index (χ4v) is 2.39. The van der Waals surface area contributed by atoms with Crippen molar-refractivity contribution >= 4 is 24.1 Å². The molecule has 0 aliphatic carbocycles. The molecule has 0 radical (unpaired) electrons. The number of carboxylic acids is 1. The Morgan fingerprint density at radius 3 is 2.11 bits per heavy atom. The molecule has 1 saturated heterocycles. The Hall–Kier alpha value is -1.56. The van der Waals surface area contributed by atoms with E-state index in [1.54, 1.807) is 20.8 Å². The van der Waals surface area contributed by atoms with Crippen molar-refractivity contribution in [2.75, 3.05) is 0 Å². The van der Waals surface area contributed by atoms with Crippen LogP contribution in [-0.4, -0.2) is 35.2 Å². The van der Waals surface area contributed by atoms with Crippen molar-refractivity contribution in [3.63, 3.8) is 0 Å². The van der Waals surface area contributed by atoms with E-state index in [0.717, 1.165) is 0 Å². The number of nitrogens with one attached hydrogen (secondary N) is 1. The first-order valence-corrected chi connectivity index (χ1v) is 6.29. The highest BCUT2D eigenvalue weighted by molar-refractivity contribution is 5.90. The van der Waals surface area contributed by atoms with Crippen LogP contribution in [0.3, 0.4) is 0 Å². The molecule has 0 bridgehead atoms. The number of carboxylic acid groups (broad SMARTS) is 1. The maximum atomic E-state index is 11.6.